The highest BCUT2D eigenvalue weighted by atomic mass is 79.9. The summed E-state index contributed by atoms with van der Waals surface area (Å²) in [6, 6.07) is 20.8. The van der Waals surface area contributed by atoms with Gasteiger partial charge < -0.3 is 5.32 Å². The summed E-state index contributed by atoms with van der Waals surface area (Å²) in [5, 5.41) is 3.57. The molecule has 0 unspecified atom stereocenters. The normalized spacial score (nSPS) is 11.5. The third-order valence-corrected chi connectivity index (χ3v) is 7.63. The Morgan fingerprint density at radius 1 is 0.969 bits per heavy atom. The fourth-order valence-electron chi connectivity index (χ4n) is 3.03. The monoisotopic (exact) mass is 554 g/mol. The molecule has 0 fully saturated rings. The fourth-order valence-corrected chi connectivity index (χ4v) is 5.14. The highest BCUT2D eigenvalue weighted by Gasteiger charge is 2.27. The number of nitrogens with one attached hydrogen (secondary N) is 1. The summed E-state index contributed by atoms with van der Waals surface area (Å²) < 4.78 is 28.5. The Hall–Kier alpha value is -1.90. The predicted octanol–water partition coefficient (Wildman–Crippen LogP) is 5.31. The van der Waals surface area contributed by atoms with Gasteiger partial charge in [0, 0.05) is 27.6 Å². The Bertz CT molecular complexity index is 1170. The van der Waals surface area contributed by atoms with Crippen molar-refractivity contribution < 1.29 is 13.2 Å². The molecule has 3 aromatic carbocycles. The lowest BCUT2D eigenvalue weighted by Crippen LogP contribution is -2.40. The van der Waals surface area contributed by atoms with Crippen molar-refractivity contribution in [3.8, 4) is 0 Å². The van der Waals surface area contributed by atoms with E-state index in [-0.39, 0.29) is 18.0 Å². The first-order valence-corrected chi connectivity index (χ1v) is 12.7. The number of sulfonamides is 1. The molecule has 3 aromatic rings. The minimum Gasteiger partial charge on any atom is -0.355 e. The number of carbonyl (C=O) groups is 1. The van der Waals surface area contributed by atoms with E-state index in [1.54, 1.807) is 30.3 Å². The van der Waals surface area contributed by atoms with Gasteiger partial charge >= 0.3 is 0 Å². The molecule has 3 rings (SSSR count). The molecule has 0 spiro atoms. The van der Waals surface area contributed by atoms with Crippen LogP contribution < -0.4 is 5.32 Å². The lowest BCUT2D eigenvalue weighted by molar-refractivity contribution is -0.121. The van der Waals surface area contributed by atoms with Crippen LogP contribution in [0.4, 0.5) is 0 Å². The number of amides is 1. The molecule has 0 heterocycles. The van der Waals surface area contributed by atoms with E-state index in [9.17, 15) is 13.2 Å². The van der Waals surface area contributed by atoms with Crippen molar-refractivity contribution in [2.75, 3.05) is 13.1 Å². The molecule has 0 bridgehead atoms. The van der Waals surface area contributed by atoms with E-state index in [0.717, 1.165) is 14.3 Å². The topological polar surface area (TPSA) is 66.5 Å². The van der Waals surface area contributed by atoms with Crippen molar-refractivity contribution >= 4 is 55.1 Å². The Balaban J connectivity index is 1.77. The Labute approximate surface area is 206 Å². The molecule has 0 saturated carbocycles. The Kier molecular flexibility index (Phi) is 8.73. The maximum absolute atomic E-state index is 13.3. The van der Waals surface area contributed by atoms with Gasteiger partial charge in [0.25, 0.3) is 0 Å². The molecule has 0 atom stereocenters. The molecule has 32 heavy (non-hydrogen) atoms. The molecule has 0 aliphatic rings. The van der Waals surface area contributed by atoms with E-state index in [4.69, 9.17) is 23.2 Å². The summed E-state index contributed by atoms with van der Waals surface area (Å²) in [5.41, 5.74) is 1.63. The molecule has 0 aromatic heterocycles. The average molecular weight is 556 g/mol. The molecular weight excluding hydrogens is 535 g/mol. The second kappa shape index (κ2) is 11.3. The van der Waals surface area contributed by atoms with Gasteiger partial charge in [0.2, 0.25) is 15.9 Å². The van der Waals surface area contributed by atoms with Gasteiger partial charge in [-0.05, 0) is 53.9 Å². The van der Waals surface area contributed by atoms with Gasteiger partial charge in [0.1, 0.15) is 0 Å². The lowest BCUT2D eigenvalue weighted by Gasteiger charge is -2.22. The summed E-state index contributed by atoms with van der Waals surface area (Å²) in [7, 11) is -3.96. The van der Waals surface area contributed by atoms with E-state index in [1.165, 1.54) is 12.1 Å². The van der Waals surface area contributed by atoms with Crippen LogP contribution in [0.5, 0.6) is 0 Å². The van der Waals surface area contributed by atoms with Gasteiger partial charge in [0.15, 0.2) is 0 Å². The number of nitrogens with zero attached hydrogens (tertiary/aromatic N) is 1. The van der Waals surface area contributed by atoms with Crippen LogP contribution in [0.25, 0.3) is 0 Å². The van der Waals surface area contributed by atoms with Crippen molar-refractivity contribution in [1.82, 2.24) is 9.62 Å². The van der Waals surface area contributed by atoms with Gasteiger partial charge in [-0.15, -0.1) is 0 Å². The zero-order valence-electron chi connectivity index (χ0n) is 17.0. The van der Waals surface area contributed by atoms with Crippen LogP contribution in [-0.2, 0) is 27.8 Å². The van der Waals surface area contributed by atoms with Gasteiger partial charge in [-0.1, -0.05) is 75.5 Å². The molecule has 5 nitrogen and oxygen atoms in total. The second-order valence-corrected chi connectivity index (χ2v) is 10.7. The number of halogens is 3. The summed E-state index contributed by atoms with van der Waals surface area (Å²) in [6.07, 6.45) is 0.648. The van der Waals surface area contributed by atoms with Crippen LogP contribution >= 0.6 is 39.1 Å². The largest absolute Gasteiger partial charge is 0.355 e. The van der Waals surface area contributed by atoms with Crippen molar-refractivity contribution in [2.24, 2.45) is 0 Å². The molecule has 0 saturated heterocycles. The van der Waals surface area contributed by atoms with Crippen molar-refractivity contribution in [3.63, 3.8) is 0 Å². The van der Waals surface area contributed by atoms with E-state index in [0.29, 0.717) is 28.6 Å². The first kappa shape index (κ1) is 24.7. The van der Waals surface area contributed by atoms with Gasteiger partial charge in [0.05, 0.1) is 11.4 Å². The van der Waals surface area contributed by atoms with E-state index in [1.807, 2.05) is 30.3 Å². The fraction of sp³-hybridized carbons (Fsp3) is 0.174. The number of benzene rings is 3. The van der Waals surface area contributed by atoms with Crippen LogP contribution in [0.3, 0.4) is 0 Å². The molecule has 9 heteroatoms. The molecule has 1 amide bonds. The summed E-state index contributed by atoms with van der Waals surface area (Å²) in [6.45, 7) is -0.0105. The third kappa shape index (κ3) is 6.80. The number of carbonyl (C=O) groups excluding carboxylic acids is 1. The Morgan fingerprint density at radius 3 is 2.31 bits per heavy atom. The SMILES string of the molecule is O=C(CN(Cc1ccc(Cl)cc1Cl)S(=O)(=O)c1ccc(Br)cc1)NCCc1ccccc1. The standard InChI is InChI=1S/C23H21BrCl2N2O3S/c24-19-7-10-21(11-8-19)32(30,31)28(15-18-6-9-20(25)14-22(18)26)16-23(29)27-13-12-17-4-2-1-3-5-17/h1-11,14H,12-13,15-16H2,(H,27,29). The van der Waals surface area contributed by atoms with Crippen LogP contribution in [0, 0.1) is 0 Å². The highest BCUT2D eigenvalue weighted by molar-refractivity contribution is 9.10. The molecule has 168 valence electrons. The highest BCUT2D eigenvalue weighted by Crippen LogP contribution is 2.25. The number of hydrogen-bond donors (Lipinski definition) is 1. The number of rotatable bonds is 9. The van der Waals surface area contributed by atoms with Crippen LogP contribution in [0.1, 0.15) is 11.1 Å². The summed E-state index contributed by atoms with van der Waals surface area (Å²) >= 11 is 15.5. The maximum atomic E-state index is 13.3. The molecule has 0 radical (unpaired) electrons. The van der Waals surface area contributed by atoms with Crippen LogP contribution in [0.2, 0.25) is 10.0 Å². The molecule has 0 aliphatic heterocycles. The molecular formula is C23H21BrCl2N2O3S. The minimum atomic E-state index is -3.96. The van der Waals surface area contributed by atoms with Crippen molar-refractivity contribution in [2.45, 2.75) is 17.9 Å². The quantitative estimate of drug-likeness (QED) is 0.389. The lowest BCUT2D eigenvalue weighted by atomic mass is 10.1. The third-order valence-electron chi connectivity index (χ3n) is 4.71. The van der Waals surface area contributed by atoms with E-state index >= 15 is 0 Å². The predicted molar refractivity (Wildman–Crippen MR) is 131 cm³/mol. The van der Waals surface area contributed by atoms with Crippen molar-refractivity contribution in [3.05, 3.63) is 98.4 Å². The first-order chi connectivity index (χ1) is 15.3. The van der Waals surface area contributed by atoms with Gasteiger partial charge in [-0.25, -0.2) is 8.42 Å². The van der Waals surface area contributed by atoms with Crippen LogP contribution in [-0.4, -0.2) is 31.7 Å². The second-order valence-electron chi connectivity index (χ2n) is 7.05. The zero-order chi connectivity index (χ0) is 23.1. The Morgan fingerprint density at radius 2 is 1.66 bits per heavy atom. The van der Waals surface area contributed by atoms with Crippen molar-refractivity contribution in [1.29, 1.82) is 0 Å². The first-order valence-electron chi connectivity index (χ1n) is 9.76. The van der Waals surface area contributed by atoms with Crippen LogP contribution in [0.15, 0.2) is 82.2 Å². The molecule has 1 N–H and O–H groups in total. The van der Waals surface area contributed by atoms with E-state index < -0.39 is 15.9 Å². The smallest absolute Gasteiger partial charge is 0.243 e. The maximum Gasteiger partial charge on any atom is 0.243 e. The average Bonchev–Trinajstić information content (AvgIpc) is 2.76. The van der Waals surface area contributed by atoms with E-state index in [2.05, 4.69) is 21.2 Å². The summed E-state index contributed by atoms with van der Waals surface area (Å²) in [5.74, 6) is -0.397. The number of hydrogen-bond acceptors (Lipinski definition) is 3. The summed E-state index contributed by atoms with van der Waals surface area (Å²) in [4.78, 5) is 12.7. The molecule has 0 aliphatic carbocycles. The van der Waals surface area contributed by atoms with Gasteiger partial charge in [-0.3, -0.25) is 4.79 Å². The zero-order valence-corrected chi connectivity index (χ0v) is 20.9. The van der Waals surface area contributed by atoms with Gasteiger partial charge in [-0.2, -0.15) is 4.31 Å². The minimum absolute atomic E-state index is 0.0689.